The normalized spacial score (nSPS) is 10.1. The van der Waals surface area contributed by atoms with Crippen molar-refractivity contribution in [1.29, 1.82) is 0 Å². The molecule has 3 nitrogen and oxygen atoms in total. The van der Waals surface area contributed by atoms with E-state index in [1.165, 1.54) is 6.92 Å². The van der Waals surface area contributed by atoms with Crippen molar-refractivity contribution < 1.29 is 8.42 Å². The molecule has 1 rings (SSSR count). The standard InChI is InChI=1S/C6H5Br.C2H7NO2S/c7-6-4-2-1-3-5-6;1-2-6(3,4)5/h1-5H;2H2,1H3,(H2,3,4,5). The highest BCUT2D eigenvalue weighted by atomic mass is 79.9. The maximum Gasteiger partial charge on any atom is 0.208 e. The second-order valence-corrected chi connectivity index (χ2v) is 5.07. The number of hydrogen-bond donors (Lipinski definition) is 1. The Hall–Kier alpha value is -0.390. The van der Waals surface area contributed by atoms with Gasteiger partial charge in [0.15, 0.2) is 0 Å². The van der Waals surface area contributed by atoms with Gasteiger partial charge in [-0.2, -0.15) is 0 Å². The van der Waals surface area contributed by atoms with Gasteiger partial charge in [0.2, 0.25) is 10.0 Å². The number of hydrogen-bond acceptors (Lipinski definition) is 2. The van der Waals surface area contributed by atoms with E-state index in [-0.39, 0.29) is 5.75 Å². The lowest BCUT2D eigenvalue weighted by Gasteiger charge is -1.81. The maximum absolute atomic E-state index is 9.78. The highest BCUT2D eigenvalue weighted by Gasteiger charge is 1.90. The Morgan fingerprint density at radius 3 is 1.85 bits per heavy atom. The SMILES string of the molecule is Brc1ccccc1.CCS(N)(=O)=O. The molecule has 0 fully saturated rings. The molecular formula is C8H12BrNO2S. The summed E-state index contributed by atoms with van der Waals surface area (Å²) >= 11 is 3.31. The predicted octanol–water partition coefficient (Wildman–Crippen LogP) is 1.74. The smallest absolute Gasteiger partial charge is 0.208 e. The summed E-state index contributed by atoms with van der Waals surface area (Å²) < 4.78 is 20.7. The van der Waals surface area contributed by atoms with Gasteiger partial charge in [-0.05, 0) is 19.1 Å². The molecule has 0 aromatic heterocycles. The van der Waals surface area contributed by atoms with Gasteiger partial charge in [0.25, 0.3) is 0 Å². The van der Waals surface area contributed by atoms with Crippen molar-refractivity contribution in [1.82, 2.24) is 0 Å². The van der Waals surface area contributed by atoms with Crippen LogP contribution in [-0.4, -0.2) is 14.2 Å². The van der Waals surface area contributed by atoms with E-state index < -0.39 is 10.0 Å². The van der Waals surface area contributed by atoms with Crippen LogP contribution >= 0.6 is 15.9 Å². The number of benzene rings is 1. The molecule has 0 bridgehead atoms. The Balaban J connectivity index is 0.000000226. The lowest BCUT2D eigenvalue weighted by molar-refractivity contribution is 0.599. The van der Waals surface area contributed by atoms with Crippen LogP contribution in [0.1, 0.15) is 6.92 Å². The van der Waals surface area contributed by atoms with E-state index in [9.17, 15) is 8.42 Å². The first-order chi connectivity index (χ1) is 5.95. The van der Waals surface area contributed by atoms with Crippen molar-refractivity contribution in [3.05, 3.63) is 34.8 Å². The third kappa shape index (κ3) is 9.52. The zero-order chi connectivity index (χ0) is 10.3. The van der Waals surface area contributed by atoms with E-state index in [2.05, 4.69) is 21.1 Å². The minimum Gasteiger partial charge on any atom is -0.229 e. The first-order valence-electron chi connectivity index (χ1n) is 3.66. The fraction of sp³-hybridized carbons (Fsp3) is 0.250. The Morgan fingerprint density at radius 2 is 1.69 bits per heavy atom. The Bertz CT molecular complexity index is 323. The second kappa shape index (κ2) is 6.12. The summed E-state index contributed by atoms with van der Waals surface area (Å²) in [6.07, 6.45) is 0. The van der Waals surface area contributed by atoms with Gasteiger partial charge in [-0.15, -0.1) is 0 Å². The van der Waals surface area contributed by atoms with E-state index >= 15 is 0 Å². The van der Waals surface area contributed by atoms with Gasteiger partial charge in [0, 0.05) is 4.47 Å². The minimum absolute atomic E-state index is 0.0208. The number of nitrogens with two attached hydrogens (primary N) is 1. The fourth-order valence-corrected chi connectivity index (χ4v) is 0.720. The second-order valence-electron chi connectivity index (χ2n) is 2.25. The van der Waals surface area contributed by atoms with Crippen LogP contribution in [0.5, 0.6) is 0 Å². The van der Waals surface area contributed by atoms with Crippen molar-refractivity contribution in [3.63, 3.8) is 0 Å². The van der Waals surface area contributed by atoms with Crippen LogP contribution in [0.4, 0.5) is 0 Å². The molecule has 0 aliphatic rings. The molecule has 0 atom stereocenters. The third-order valence-electron chi connectivity index (χ3n) is 1.14. The lowest BCUT2D eigenvalue weighted by Crippen LogP contribution is -2.13. The van der Waals surface area contributed by atoms with Crippen molar-refractivity contribution in [3.8, 4) is 0 Å². The third-order valence-corrected chi connectivity index (χ3v) is 2.47. The zero-order valence-corrected chi connectivity index (χ0v) is 9.68. The molecule has 0 amide bonds. The van der Waals surface area contributed by atoms with Gasteiger partial charge < -0.3 is 0 Å². The molecule has 2 N–H and O–H groups in total. The summed E-state index contributed by atoms with van der Waals surface area (Å²) in [4.78, 5) is 0. The van der Waals surface area contributed by atoms with Crippen LogP contribution in [0.3, 0.4) is 0 Å². The van der Waals surface area contributed by atoms with E-state index in [1.54, 1.807) is 0 Å². The Kier molecular flexibility index (Phi) is 5.94. The predicted molar refractivity (Wildman–Crippen MR) is 57.8 cm³/mol. The van der Waals surface area contributed by atoms with Gasteiger partial charge in [-0.3, -0.25) is 0 Å². The molecule has 5 heteroatoms. The van der Waals surface area contributed by atoms with Crippen LogP contribution in [0.15, 0.2) is 34.8 Å². The molecule has 0 saturated carbocycles. The average Bonchev–Trinajstić information content (AvgIpc) is 2.06. The van der Waals surface area contributed by atoms with Crippen molar-refractivity contribution in [2.75, 3.05) is 5.75 Å². The highest BCUT2D eigenvalue weighted by molar-refractivity contribution is 9.10. The zero-order valence-electron chi connectivity index (χ0n) is 7.27. The van der Waals surface area contributed by atoms with Crippen molar-refractivity contribution in [2.24, 2.45) is 5.14 Å². The van der Waals surface area contributed by atoms with Gasteiger partial charge in [-0.1, -0.05) is 34.1 Å². The number of primary sulfonamides is 1. The minimum atomic E-state index is -3.16. The Labute approximate surface area is 87.1 Å². The highest BCUT2D eigenvalue weighted by Crippen LogP contribution is 2.05. The first kappa shape index (κ1) is 12.6. The fourth-order valence-electron chi connectivity index (χ4n) is 0.415. The molecule has 0 spiro atoms. The molecular weight excluding hydrogens is 254 g/mol. The molecule has 13 heavy (non-hydrogen) atoms. The number of halogens is 1. The molecule has 0 saturated heterocycles. The van der Waals surface area contributed by atoms with E-state index in [0.717, 1.165) is 4.47 Å². The lowest BCUT2D eigenvalue weighted by atomic mass is 10.4. The van der Waals surface area contributed by atoms with Crippen molar-refractivity contribution >= 4 is 26.0 Å². The molecule has 0 aliphatic heterocycles. The molecule has 0 heterocycles. The monoisotopic (exact) mass is 265 g/mol. The summed E-state index contributed by atoms with van der Waals surface area (Å²) in [5, 5.41) is 4.51. The van der Waals surface area contributed by atoms with Gasteiger partial charge >= 0.3 is 0 Å². The summed E-state index contributed by atoms with van der Waals surface area (Å²) in [7, 11) is -3.16. The van der Waals surface area contributed by atoms with Gasteiger partial charge in [0.1, 0.15) is 0 Å². The summed E-state index contributed by atoms with van der Waals surface area (Å²) in [6.45, 7) is 1.50. The summed E-state index contributed by atoms with van der Waals surface area (Å²) in [5.41, 5.74) is 0. The summed E-state index contributed by atoms with van der Waals surface area (Å²) in [5.74, 6) is 0.0208. The molecule has 1 aromatic carbocycles. The summed E-state index contributed by atoms with van der Waals surface area (Å²) in [6, 6.07) is 9.97. The maximum atomic E-state index is 9.78. The molecule has 1 aromatic rings. The van der Waals surface area contributed by atoms with Crippen LogP contribution in [0.2, 0.25) is 0 Å². The average molecular weight is 266 g/mol. The van der Waals surface area contributed by atoms with Crippen molar-refractivity contribution in [2.45, 2.75) is 6.92 Å². The van der Waals surface area contributed by atoms with Crippen LogP contribution in [-0.2, 0) is 10.0 Å². The van der Waals surface area contributed by atoms with E-state index in [0.29, 0.717) is 0 Å². The number of rotatable bonds is 1. The Morgan fingerprint density at radius 1 is 1.31 bits per heavy atom. The quantitative estimate of drug-likeness (QED) is 0.841. The molecule has 0 unspecified atom stereocenters. The van der Waals surface area contributed by atoms with Gasteiger partial charge in [-0.25, -0.2) is 13.6 Å². The van der Waals surface area contributed by atoms with Crippen LogP contribution in [0.25, 0.3) is 0 Å². The van der Waals surface area contributed by atoms with E-state index in [4.69, 9.17) is 0 Å². The van der Waals surface area contributed by atoms with E-state index in [1.807, 2.05) is 30.3 Å². The molecule has 0 aliphatic carbocycles. The molecule has 0 radical (unpaired) electrons. The van der Waals surface area contributed by atoms with Crippen LogP contribution < -0.4 is 5.14 Å². The topological polar surface area (TPSA) is 60.2 Å². The largest absolute Gasteiger partial charge is 0.229 e. The van der Waals surface area contributed by atoms with Crippen LogP contribution in [0, 0.1) is 0 Å². The molecule has 74 valence electrons. The number of sulfonamides is 1. The van der Waals surface area contributed by atoms with Gasteiger partial charge in [0.05, 0.1) is 5.75 Å². The first-order valence-corrected chi connectivity index (χ1v) is 6.17.